The molecule has 2 fully saturated rings. The summed E-state index contributed by atoms with van der Waals surface area (Å²) in [7, 11) is 0. The number of nitrogens with one attached hydrogen (secondary N) is 1. The Labute approximate surface area is 216 Å². The number of nitrogens with zero attached hydrogens (tertiary/aromatic N) is 1. The van der Waals surface area contributed by atoms with Crippen molar-refractivity contribution in [3.8, 4) is 17.0 Å². The Morgan fingerprint density at radius 1 is 1.05 bits per heavy atom. The number of nitrogen functional groups attached to an aromatic ring is 1. The lowest BCUT2D eigenvalue weighted by Gasteiger charge is -2.15. The highest BCUT2D eigenvalue weighted by Crippen LogP contribution is 2.47. The summed E-state index contributed by atoms with van der Waals surface area (Å²) < 4.78 is 19.5. The van der Waals surface area contributed by atoms with Gasteiger partial charge in [0.2, 0.25) is 0 Å². The van der Waals surface area contributed by atoms with Gasteiger partial charge in [-0.3, -0.25) is 5.32 Å². The van der Waals surface area contributed by atoms with Gasteiger partial charge in [0, 0.05) is 35.2 Å². The van der Waals surface area contributed by atoms with E-state index >= 15 is 0 Å². The number of anilines is 2. The first-order valence-electron chi connectivity index (χ1n) is 12.9. The zero-order valence-electron chi connectivity index (χ0n) is 20.9. The van der Waals surface area contributed by atoms with Crippen LogP contribution in [0.2, 0.25) is 0 Å². The predicted octanol–water partition coefficient (Wildman–Crippen LogP) is 6.70. The highest BCUT2D eigenvalue weighted by molar-refractivity contribution is 6.02. The third-order valence-corrected chi connectivity index (χ3v) is 7.08. The van der Waals surface area contributed by atoms with Crippen LogP contribution in [0.25, 0.3) is 22.2 Å². The molecule has 2 heterocycles. The number of carbonyl (C=O) groups excluding carboxylic acids is 1. The molecule has 7 heteroatoms. The quantitative estimate of drug-likeness (QED) is 0.297. The first kappa shape index (κ1) is 23.4. The SMILES string of the molecule is C[C@@H](OC(=O)Nc1ccc(-c2c(N)c3ccc(O[C@@H]4CCOC4)cc3n2C2CC2)cc1)c1ccccc1. The van der Waals surface area contributed by atoms with Crippen LogP contribution < -0.4 is 15.8 Å². The van der Waals surface area contributed by atoms with Crippen LogP contribution in [0.5, 0.6) is 5.75 Å². The van der Waals surface area contributed by atoms with Gasteiger partial charge in [0.05, 0.1) is 30.1 Å². The summed E-state index contributed by atoms with van der Waals surface area (Å²) >= 11 is 0. The molecule has 0 unspecified atom stereocenters. The molecule has 3 aromatic carbocycles. The highest BCUT2D eigenvalue weighted by Gasteiger charge is 2.30. The van der Waals surface area contributed by atoms with Gasteiger partial charge >= 0.3 is 6.09 Å². The van der Waals surface area contributed by atoms with E-state index in [1.807, 2.05) is 67.6 Å². The van der Waals surface area contributed by atoms with Crippen LogP contribution in [0.15, 0.2) is 72.8 Å². The van der Waals surface area contributed by atoms with Gasteiger partial charge in [-0.1, -0.05) is 42.5 Å². The third kappa shape index (κ3) is 4.87. The van der Waals surface area contributed by atoms with Crippen LogP contribution in [-0.4, -0.2) is 30.0 Å². The Hall–Kier alpha value is -3.97. The van der Waals surface area contributed by atoms with Gasteiger partial charge in [-0.2, -0.15) is 0 Å². The Kier molecular flexibility index (Phi) is 6.22. The van der Waals surface area contributed by atoms with Crippen molar-refractivity contribution in [1.29, 1.82) is 0 Å². The molecular weight excluding hydrogens is 466 g/mol. The predicted molar refractivity (Wildman–Crippen MR) is 145 cm³/mol. The average molecular weight is 498 g/mol. The van der Waals surface area contributed by atoms with Gasteiger partial charge in [-0.15, -0.1) is 0 Å². The van der Waals surface area contributed by atoms with Crippen LogP contribution in [-0.2, 0) is 9.47 Å². The van der Waals surface area contributed by atoms with Gasteiger partial charge < -0.3 is 24.5 Å². The number of ether oxygens (including phenoxy) is 3. The molecule has 1 aromatic heterocycles. The Morgan fingerprint density at radius 3 is 2.54 bits per heavy atom. The number of hydrogen-bond acceptors (Lipinski definition) is 5. The molecule has 0 radical (unpaired) electrons. The van der Waals surface area contributed by atoms with E-state index in [-0.39, 0.29) is 12.2 Å². The van der Waals surface area contributed by atoms with E-state index in [0.29, 0.717) is 18.3 Å². The van der Waals surface area contributed by atoms with Crippen molar-refractivity contribution in [2.24, 2.45) is 0 Å². The van der Waals surface area contributed by atoms with Gasteiger partial charge in [0.15, 0.2) is 0 Å². The molecule has 37 heavy (non-hydrogen) atoms. The minimum absolute atomic E-state index is 0.0982. The second-order valence-corrected chi connectivity index (χ2v) is 9.81. The minimum atomic E-state index is -0.490. The zero-order chi connectivity index (χ0) is 25.4. The molecule has 1 aliphatic carbocycles. The number of aromatic nitrogens is 1. The fraction of sp³-hybridized carbons (Fsp3) is 0.300. The standard InChI is InChI=1S/C30H31N3O4/c1-19(20-5-3-2-4-6-20)36-30(34)32-22-9-7-21(8-10-22)29-28(31)26-14-13-24(37-25-15-16-35-18-25)17-27(26)33(29)23-11-12-23/h2-10,13-14,17,19,23,25H,11-12,15-16,18,31H2,1H3,(H,32,34)/t19-,25-/m1/s1. The van der Waals surface area contributed by atoms with Crippen LogP contribution in [0.1, 0.15) is 43.9 Å². The van der Waals surface area contributed by atoms with Crippen molar-refractivity contribution in [2.45, 2.75) is 44.4 Å². The number of amides is 1. The maximum atomic E-state index is 12.5. The Balaban J connectivity index is 1.23. The minimum Gasteiger partial charge on any atom is -0.488 e. The molecule has 1 amide bonds. The lowest BCUT2D eigenvalue weighted by atomic mass is 10.1. The zero-order valence-corrected chi connectivity index (χ0v) is 20.9. The molecule has 6 rings (SSSR count). The number of rotatable bonds is 7. The highest BCUT2D eigenvalue weighted by atomic mass is 16.6. The number of nitrogens with two attached hydrogens (primary N) is 1. The molecule has 0 bridgehead atoms. The Bertz CT molecular complexity index is 1400. The number of hydrogen-bond donors (Lipinski definition) is 2. The molecule has 3 N–H and O–H groups in total. The fourth-order valence-electron chi connectivity index (χ4n) is 5.01. The summed E-state index contributed by atoms with van der Waals surface area (Å²) in [6.45, 7) is 3.24. The van der Waals surface area contributed by atoms with Crippen LogP contribution in [0.4, 0.5) is 16.2 Å². The van der Waals surface area contributed by atoms with Crippen molar-refractivity contribution < 1.29 is 19.0 Å². The lowest BCUT2D eigenvalue weighted by Crippen LogP contribution is -2.16. The summed E-state index contributed by atoms with van der Waals surface area (Å²) in [6, 6.07) is 24.0. The van der Waals surface area contributed by atoms with Crippen LogP contribution >= 0.6 is 0 Å². The second-order valence-electron chi connectivity index (χ2n) is 9.81. The number of carbonyl (C=O) groups is 1. The molecule has 0 spiro atoms. The van der Waals surface area contributed by atoms with Crippen LogP contribution in [0, 0.1) is 0 Å². The van der Waals surface area contributed by atoms with Crippen molar-refractivity contribution in [2.75, 3.05) is 24.3 Å². The largest absolute Gasteiger partial charge is 0.488 e. The first-order valence-corrected chi connectivity index (χ1v) is 12.9. The average Bonchev–Trinajstić information content (AvgIpc) is 3.54. The van der Waals surface area contributed by atoms with Gasteiger partial charge in [-0.05, 0) is 49.6 Å². The van der Waals surface area contributed by atoms with Crippen LogP contribution in [0.3, 0.4) is 0 Å². The van der Waals surface area contributed by atoms with E-state index in [0.717, 1.165) is 65.0 Å². The maximum absolute atomic E-state index is 12.5. The third-order valence-electron chi connectivity index (χ3n) is 7.08. The van der Waals surface area contributed by atoms with Crippen molar-refractivity contribution in [3.05, 3.63) is 78.4 Å². The van der Waals surface area contributed by atoms with E-state index in [9.17, 15) is 4.79 Å². The van der Waals surface area contributed by atoms with Crippen molar-refractivity contribution >= 4 is 28.4 Å². The molecular formula is C30H31N3O4. The maximum Gasteiger partial charge on any atom is 0.412 e. The van der Waals surface area contributed by atoms with E-state index in [1.165, 1.54) is 0 Å². The first-order chi connectivity index (χ1) is 18.1. The van der Waals surface area contributed by atoms with Crippen molar-refractivity contribution in [3.63, 3.8) is 0 Å². The van der Waals surface area contributed by atoms with E-state index in [4.69, 9.17) is 19.9 Å². The number of fused-ring (bicyclic) bond motifs is 1. The normalized spacial score (nSPS) is 18.0. The lowest BCUT2D eigenvalue weighted by molar-refractivity contribution is 0.121. The summed E-state index contributed by atoms with van der Waals surface area (Å²) in [4.78, 5) is 12.5. The smallest absolute Gasteiger partial charge is 0.412 e. The van der Waals surface area contributed by atoms with E-state index in [2.05, 4.69) is 22.0 Å². The second kappa shape index (κ2) is 9.82. The molecule has 1 saturated heterocycles. The monoisotopic (exact) mass is 497 g/mol. The van der Waals surface area contributed by atoms with Gasteiger partial charge in [0.1, 0.15) is 18.0 Å². The molecule has 4 aromatic rings. The molecule has 7 nitrogen and oxygen atoms in total. The van der Waals surface area contributed by atoms with E-state index in [1.54, 1.807) is 0 Å². The summed E-state index contributed by atoms with van der Waals surface area (Å²) in [5.74, 6) is 0.844. The summed E-state index contributed by atoms with van der Waals surface area (Å²) in [5, 5.41) is 3.85. The molecule has 1 aliphatic heterocycles. The molecule has 1 saturated carbocycles. The van der Waals surface area contributed by atoms with Gasteiger partial charge in [0.25, 0.3) is 0 Å². The number of benzene rings is 3. The topological polar surface area (TPSA) is 87.7 Å². The van der Waals surface area contributed by atoms with E-state index < -0.39 is 6.09 Å². The molecule has 2 aliphatic rings. The fourth-order valence-corrected chi connectivity index (χ4v) is 5.01. The molecule has 190 valence electrons. The Morgan fingerprint density at radius 2 is 1.84 bits per heavy atom. The molecule has 2 atom stereocenters. The summed E-state index contributed by atoms with van der Waals surface area (Å²) in [5.41, 5.74) is 12.2. The van der Waals surface area contributed by atoms with Gasteiger partial charge in [-0.25, -0.2) is 4.79 Å². The summed E-state index contributed by atoms with van der Waals surface area (Å²) in [6.07, 6.45) is 2.43. The van der Waals surface area contributed by atoms with Crippen molar-refractivity contribution in [1.82, 2.24) is 4.57 Å².